The SMILES string of the molecule is CC1(C)C(=N)N[C@@]2(CCCc3ccc(NC(=O)c4ccc(C#N)cn4)cc32)CS1(=O)=O. The molecule has 2 heterocycles. The minimum Gasteiger partial charge on any atom is -0.362 e. The highest BCUT2D eigenvalue weighted by Gasteiger charge is 2.53. The lowest BCUT2D eigenvalue weighted by atomic mass is 9.76. The van der Waals surface area contributed by atoms with Gasteiger partial charge in [-0.1, -0.05) is 6.07 Å². The Bertz CT molecular complexity index is 1230. The first-order valence-corrected chi connectivity index (χ1v) is 11.6. The predicted octanol–water partition coefficient (Wildman–Crippen LogP) is 2.51. The van der Waals surface area contributed by atoms with Crippen molar-refractivity contribution in [2.75, 3.05) is 11.1 Å². The van der Waals surface area contributed by atoms with Crippen LogP contribution in [-0.4, -0.2) is 35.6 Å². The van der Waals surface area contributed by atoms with E-state index in [9.17, 15) is 13.2 Å². The summed E-state index contributed by atoms with van der Waals surface area (Å²) in [4.78, 5) is 16.6. The quantitative estimate of drug-likeness (QED) is 0.660. The van der Waals surface area contributed by atoms with Crippen molar-refractivity contribution in [1.29, 1.82) is 10.7 Å². The third-order valence-electron chi connectivity index (χ3n) is 6.24. The van der Waals surface area contributed by atoms with Gasteiger partial charge in [-0.05, 0) is 68.5 Å². The van der Waals surface area contributed by atoms with E-state index in [0.29, 0.717) is 17.7 Å². The molecule has 31 heavy (non-hydrogen) atoms. The maximum Gasteiger partial charge on any atom is 0.274 e. The number of nitriles is 1. The van der Waals surface area contributed by atoms with E-state index < -0.39 is 26.0 Å². The molecule has 0 bridgehead atoms. The van der Waals surface area contributed by atoms with Gasteiger partial charge in [0.15, 0.2) is 9.84 Å². The Labute approximate surface area is 181 Å². The predicted molar refractivity (Wildman–Crippen MR) is 117 cm³/mol. The van der Waals surface area contributed by atoms with Crippen molar-refractivity contribution in [3.05, 3.63) is 58.9 Å². The van der Waals surface area contributed by atoms with Gasteiger partial charge in [0.1, 0.15) is 22.3 Å². The molecule has 1 aromatic carbocycles. The normalized spacial score (nSPS) is 23.3. The maximum absolute atomic E-state index is 13.0. The van der Waals surface area contributed by atoms with Crippen LogP contribution in [0.2, 0.25) is 0 Å². The average molecular weight is 438 g/mol. The summed E-state index contributed by atoms with van der Waals surface area (Å²) < 4.78 is 24.8. The summed E-state index contributed by atoms with van der Waals surface area (Å²) >= 11 is 0. The fourth-order valence-electron chi connectivity index (χ4n) is 4.19. The van der Waals surface area contributed by atoms with Gasteiger partial charge in [0.2, 0.25) is 0 Å². The molecule has 1 saturated heterocycles. The first-order valence-electron chi connectivity index (χ1n) is 9.98. The number of fused-ring (bicyclic) bond motifs is 2. The van der Waals surface area contributed by atoms with Gasteiger partial charge in [0.05, 0.1) is 16.9 Å². The third-order valence-corrected chi connectivity index (χ3v) is 8.87. The fourth-order valence-corrected chi connectivity index (χ4v) is 5.93. The average Bonchev–Trinajstić information content (AvgIpc) is 2.73. The monoisotopic (exact) mass is 437 g/mol. The number of rotatable bonds is 2. The van der Waals surface area contributed by atoms with Crippen LogP contribution in [0.25, 0.3) is 0 Å². The number of nitrogens with one attached hydrogen (secondary N) is 3. The Morgan fingerprint density at radius 2 is 2.06 bits per heavy atom. The van der Waals surface area contributed by atoms with Crippen LogP contribution >= 0.6 is 0 Å². The van der Waals surface area contributed by atoms with Crippen LogP contribution in [0.15, 0.2) is 36.5 Å². The van der Waals surface area contributed by atoms with Gasteiger partial charge in [-0.25, -0.2) is 13.4 Å². The van der Waals surface area contributed by atoms with E-state index in [-0.39, 0.29) is 17.3 Å². The van der Waals surface area contributed by atoms with Crippen molar-refractivity contribution < 1.29 is 13.2 Å². The first kappa shape index (κ1) is 21.0. The minimum atomic E-state index is -3.56. The molecule has 0 unspecified atom stereocenters. The summed E-state index contributed by atoms with van der Waals surface area (Å²) in [7, 11) is -3.56. The van der Waals surface area contributed by atoms with Crippen molar-refractivity contribution in [2.45, 2.75) is 43.4 Å². The minimum absolute atomic E-state index is 0.0113. The second kappa shape index (κ2) is 7.17. The molecule has 0 saturated carbocycles. The Morgan fingerprint density at radius 1 is 1.29 bits per heavy atom. The lowest BCUT2D eigenvalue weighted by Gasteiger charge is -2.47. The van der Waals surface area contributed by atoms with Crippen molar-refractivity contribution in [1.82, 2.24) is 10.3 Å². The molecule has 2 aromatic rings. The number of nitrogens with zero attached hydrogens (tertiary/aromatic N) is 2. The van der Waals surface area contributed by atoms with Gasteiger partial charge < -0.3 is 10.6 Å². The summed E-state index contributed by atoms with van der Waals surface area (Å²) in [6.07, 6.45) is 3.54. The van der Waals surface area contributed by atoms with Crippen LogP contribution in [0.5, 0.6) is 0 Å². The number of pyridine rings is 1. The standard InChI is InChI=1S/C22H23N5O3S/c1-21(2)20(24)27-22(13-31(21,29)30)9-3-4-15-6-7-16(10-17(15)22)26-19(28)18-8-5-14(11-23)12-25-18/h5-8,10,12H,3-4,9,13H2,1-2H3,(H2,24,27)(H,26,28)/t22-/m0/s1. The largest absolute Gasteiger partial charge is 0.362 e. The molecule has 1 aromatic heterocycles. The molecule has 1 aliphatic carbocycles. The topological polar surface area (TPSA) is 136 Å². The number of hydrogen-bond acceptors (Lipinski definition) is 6. The van der Waals surface area contributed by atoms with E-state index in [4.69, 9.17) is 10.7 Å². The Morgan fingerprint density at radius 3 is 2.71 bits per heavy atom. The molecule has 1 aliphatic heterocycles. The number of amides is 1. The smallest absolute Gasteiger partial charge is 0.274 e. The zero-order chi connectivity index (χ0) is 22.4. The van der Waals surface area contributed by atoms with Crippen molar-refractivity contribution in [3.8, 4) is 6.07 Å². The Balaban J connectivity index is 1.68. The highest BCUT2D eigenvalue weighted by atomic mass is 32.2. The third kappa shape index (κ3) is 3.47. The number of aryl methyl sites for hydroxylation is 1. The molecule has 1 spiro atoms. The molecule has 0 radical (unpaired) electrons. The van der Waals surface area contributed by atoms with Crippen molar-refractivity contribution >= 4 is 27.3 Å². The summed E-state index contributed by atoms with van der Waals surface area (Å²) in [5.41, 5.74) is 1.98. The summed E-state index contributed by atoms with van der Waals surface area (Å²) in [6.45, 7) is 3.10. The van der Waals surface area contributed by atoms with E-state index >= 15 is 0 Å². The number of carbonyl (C=O) groups is 1. The number of amidine groups is 1. The lowest BCUT2D eigenvalue weighted by Crippen LogP contribution is -2.65. The first-order chi connectivity index (χ1) is 14.6. The molecule has 1 atom stereocenters. The van der Waals surface area contributed by atoms with E-state index in [1.165, 1.54) is 18.3 Å². The molecule has 4 rings (SSSR count). The second-order valence-corrected chi connectivity index (χ2v) is 11.1. The van der Waals surface area contributed by atoms with Crippen molar-refractivity contribution in [2.24, 2.45) is 0 Å². The number of sulfone groups is 1. The highest BCUT2D eigenvalue weighted by molar-refractivity contribution is 7.93. The fraction of sp³-hybridized carbons (Fsp3) is 0.364. The number of carbonyl (C=O) groups excluding carboxylic acids is 1. The molecule has 1 amide bonds. The van der Waals surface area contributed by atoms with Crippen LogP contribution in [0, 0.1) is 16.7 Å². The zero-order valence-electron chi connectivity index (χ0n) is 17.3. The zero-order valence-corrected chi connectivity index (χ0v) is 18.1. The van der Waals surface area contributed by atoms with E-state index in [0.717, 1.165) is 24.0 Å². The number of anilines is 1. The van der Waals surface area contributed by atoms with Crippen molar-refractivity contribution in [3.63, 3.8) is 0 Å². The van der Waals surface area contributed by atoms with Crippen LogP contribution < -0.4 is 10.6 Å². The van der Waals surface area contributed by atoms with Gasteiger partial charge in [-0.3, -0.25) is 10.2 Å². The Kier molecular flexibility index (Phi) is 4.85. The second-order valence-electron chi connectivity index (χ2n) is 8.58. The van der Waals surface area contributed by atoms with Crippen LogP contribution in [0.3, 0.4) is 0 Å². The van der Waals surface area contributed by atoms with Gasteiger partial charge in [0, 0.05) is 11.9 Å². The summed E-state index contributed by atoms with van der Waals surface area (Å²) in [6, 6.07) is 10.4. The maximum atomic E-state index is 13.0. The molecule has 8 nitrogen and oxygen atoms in total. The number of aromatic nitrogens is 1. The number of hydrogen-bond donors (Lipinski definition) is 3. The molecule has 160 valence electrons. The Hall–Kier alpha value is -3.25. The molecular formula is C22H23N5O3S. The molecule has 1 fully saturated rings. The van der Waals surface area contributed by atoms with Gasteiger partial charge in [-0.2, -0.15) is 5.26 Å². The van der Waals surface area contributed by atoms with Crippen LogP contribution in [0.1, 0.15) is 53.9 Å². The van der Waals surface area contributed by atoms with E-state index in [2.05, 4.69) is 15.6 Å². The number of benzene rings is 1. The molecular weight excluding hydrogens is 414 g/mol. The highest BCUT2D eigenvalue weighted by Crippen LogP contribution is 2.42. The summed E-state index contributed by atoms with van der Waals surface area (Å²) in [5.74, 6) is -0.535. The lowest BCUT2D eigenvalue weighted by molar-refractivity contribution is 0.102. The molecule has 3 N–H and O–H groups in total. The van der Waals surface area contributed by atoms with Crippen LogP contribution in [0.4, 0.5) is 5.69 Å². The van der Waals surface area contributed by atoms with Gasteiger partial charge in [-0.15, -0.1) is 0 Å². The van der Waals surface area contributed by atoms with Gasteiger partial charge >= 0.3 is 0 Å². The molecule has 2 aliphatic rings. The van der Waals surface area contributed by atoms with Crippen LogP contribution in [-0.2, 0) is 21.8 Å². The molecule has 9 heteroatoms. The van der Waals surface area contributed by atoms with E-state index in [1.54, 1.807) is 26.0 Å². The van der Waals surface area contributed by atoms with E-state index in [1.807, 2.05) is 12.1 Å². The summed E-state index contributed by atoms with van der Waals surface area (Å²) in [5, 5.41) is 23.2. The van der Waals surface area contributed by atoms with Gasteiger partial charge in [0.25, 0.3) is 5.91 Å².